The third-order valence-corrected chi connectivity index (χ3v) is 3.21. The van der Waals surface area contributed by atoms with E-state index in [1.807, 2.05) is 19.1 Å². The summed E-state index contributed by atoms with van der Waals surface area (Å²) in [5.41, 5.74) is 0. The van der Waals surface area contributed by atoms with Crippen LogP contribution < -0.4 is 5.32 Å². The fraction of sp³-hybridized carbons (Fsp3) is 0.438. The van der Waals surface area contributed by atoms with Crippen LogP contribution in [0.25, 0.3) is 0 Å². The molecule has 2 heterocycles. The fourth-order valence-electron chi connectivity index (χ4n) is 2.09. The van der Waals surface area contributed by atoms with Gasteiger partial charge >= 0.3 is 5.97 Å². The summed E-state index contributed by atoms with van der Waals surface area (Å²) < 4.78 is 16.1. The summed E-state index contributed by atoms with van der Waals surface area (Å²) in [5, 5.41) is 3.37. The molecule has 0 amide bonds. The van der Waals surface area contributed by atoms with Gasteiger partial charge in [0.1, 0.15) is 23.3 Å². The lowest BCUT2D eigenvalue weighted by molar-refractivity contribution is 0.0562. The second kappa shape index (κ2) is 7.13. The number of rotatable bonds is 7. The van der Waals surface area contributed by atoms with E-state index in [0.717, 1.165) is 30.9 Å². The topological polar surface area (TPSA) is 64.6 Å². The fourth-order valence-corrected chi connectivity index (χ4v) is 2.09. The summed E-state index contributed by atoms with van der Waals surface area (Å²) in [6.07, 6.45) is 1.83. The molecule has 0 aliphatic rings. The Morgan fingerprint density at radius 1 is 1.19 bits per heavy atom. The molecule has 114 valence electrons. The number of methoxy groups -OCH3 is 1. The zero-order chi connectivity index (χ0) is 15.2. The average molecular weight is 291 g/mol. The molecule has 0 aromatic carbocycles. The van der Waals surface area contributed by atoms with Gasteiger partial charge in [0.25, 0.3) is 0 Å². The van der Waals surface area contributed by atoms with Gasteiger partial charge in [-0.25, -0.2) is 4.79 Å². The molecular weight excluding hydrogens is 270 g/mol. The van der Waals surface area contributed by atoms with Gasteiger partial charge in [-0.15, -0.1) is 0 Å². The Morgan fingerprint density at radius 3 is 2.52 bits per heavy atom. The van der Waals surface area contributed by atoms with E-state index in [4.69, 9.17) is 8.83 Å². The first kappa shape index (κ1) is 15.4. The highest BCUT2D eigenvalue weighted by molar-refractivity contribution is 5.86. The van der Waals surface area contributed by atoms with Crippen LogP contribution in [0.1, 0.15) is 54.1 Å². The minimum absolute atomic E-state index is 0.193. The van der Waals surface area contributed by atoms with E-state index in [1.165, 1.54) is 7.11 Å². The van der Waals surface area contributed by atoms with Crippen LogP contribution in [0.3, 0.4) is 0 Å². The zero-order valence-corrected chi connectivity index (χ0v) is 12.6. The molecule has 1 unspecified atom stereocenters. The SMILES string of the molecule is CCCNC(c1ccc(CC)o1)c1ccc(C(=O)OC)o1. The Hall–Kier alpha value is -2.01. The summed E-state index contributed by atoms with van der Waals surface area (Å²) in [5.74, 6) is 2.06. The Morgan fingerprint density at radius 2 is 1.90 bits per heavy atom. The quantitative estimate of drug-likeness (QED) is 0.793. The van der Waals surface area contributed by atoms with Gasteiger partial charge in [-0.3, -0.25) is 0 Å². The molecule has 2 aromatic rings. The molecule has 0 bridgehead atoms. The lowest BCUT2D eigenvalue weighted by Gasteiger charge is -2.13. The lowest BCUT2D eigenvalue weighted by Crippen LogP contribution is -2.22. The lowest BCUT2D eigenvalue weighted by atomic mass is 10.1. The van der Waals surface area contributed by atoms with Crippen molar-refractivity contribution in [1.29, 1.82) is 0 Å². The predicted molar refractivity (Wildman–Crippen MR) is 78.3 cm³/mol. The predicted octanol–water partition coefficient (Wildman–Crippen LogP) is 3.31. The minimum Gasteiger partial charge on any atom is -0.464 e. The summed E-state index contributed by atoms with van der Waals surface area (Å²) in [7, 11) is 1.33. The maximum absolute atomic E-state index is 11.5. The van der Waals surface area contributed by atoms with Crippen molar-refractivity contribution in [3.05, 3.63) is 47.3 Å². The van der Waals surface area contributed by atoms with Gasteiger partial charge < -0.3 is 18.9 Å². The van der Waals surface area contributed by atoms with Crippen LogP contribution in [0.2, 0.25) is 0 Å². The van der Waals surface area contributed by atoms with Crippen molar-refractivity contribution in [3.8, 4) is 0 Å². The standard InChI is InChI=1S/C16H21NO4/c1-4-10-17-15(12-7-6-11(5-2)20-12)13-8-9-14(21-13)16(18)19-3/h6-9,15,17H,4-5,10H2,1-3H3. The van der Waals surface area contributed by atoms with Gasteiger partial charge in [0.05, 0.1) is 7.11 Å². The molecule has 5 heteroatoms. The number of furan rings is 2. The Kier molecular flexibility index (Phi) is 5.22. The van der Waals surface area contributed by atoms with Crippen LogP contribution in [0, 0.1) is 0 Å². The molecule has 1 atom stereocenters. The largest absolute Gasteiger partial charge is 0.464 e. The molecule has 0 saturated carbocycles. The maximum Gasteiger partial charge on any atom is 0.373 e. The normalized spacial score (nSPS) is 12.3. The second-order valence-corrected chi connectivity index (χ2v) is 4.74. The summed E-state index contributed by atoms with van der Waals surface area (Å²) in [6.45, 7) is 4.95. The molecule has 2 aromatic heterocycles. The molecule has 0 aliphatic carbocycles. The van der Waals surface area contributed by atoms with Crippen LogP contribution in [-0.4, -0.2) is 19.6 Å². The third-order valence-electron chi connectivity index (χ3n) is 3.21. The van der Waals surface area contributed by atoms with E-state index in [1.54, 1.807) is 12.1 Å². The highest BCUT2D eigenvalue weighted by Crippen LogP contribution is 2.26. The van der Waals surface area contributed by atoms with E-state index in [0.29, 0.717) is 5.76 Å². The van der Waals surface area contributed by atoms with Crippen molar-refractivity contribution < 1.29 is 18.4 Å². The molecule has 5 nitrogen and oxygen atoms in total. The number of esters is 1. The van der Waals surface area contributed by atoms with E-state index in [-0.39, 0.29) is 11.8 Å². The molecular formula is C16H21NO4. The number of aryl methyl sites for hydroxylation is 1. The van der Waals surface area contributed by atoms with Crippen LogP contribution in [0.4, 0.5) is 0 Å². The minimum atomic E-state index is -0.482. The first-order valence-corrected chi connectivity index (χ1v) is 7.19. The zero-order valence-electron chi connectivity index (χ0n) is 12.6. The van der Waals surface area contributed by atoms with Gasteiger partial charge in [0.2, 0.25) is 5.76 Å². The molecule has 0 saturated heterocycles. The first-order chi connectivity index (χ1) is 10.2. The van der Waals surface area contributed by atoms with Crippen molar-refractivity contribution in [3.63, 3.8) is 0 Å². The maximum atomic E-state index is 11.5. The molecule has 0 fully saturated rings. The second-order valence-electron chi connectivity index (χ2n) is 4.74. The van der Waals surface area contributed by atoms with Gasteiger partial charge in [-0.1, -0.05) is 13.8 Å². The van der Waals surface area contributed by atoms with Crippen molar-refractivity contribution in [2.75, 3.05) is 13.7 Å². The molecule has 1 N–H and O–H groups in total. The Balaban J connectivity index is 2.26. The van der Waals surface area contributed by atoms with E-state index < -0.39 is 5.97 Å². The van der Waals surface area contributed by atoms with Gasteiger partial charge in [0.15, 0.2) is 0 Å². The van der Waals surface area contributed by atoms with Crippen molar-refractivity contribution in [2.24, 2.45) is 0 Å². The van der Waals surface area contributed by atoms with Crippen molar-refractivity contribution in [2.45, 2.75) is 32.7 Å². The number of ether oxygens (including phenoxy) is 1. The molecule has 2 rings (SSSR count). The number of nitrogens with one attached hydrogen (secondary N) is 1. The number of hydrogen-bond donors (Lipinski definition) is 1. The van der Waals surface area contributed by atoms with Crippen molar-refractivity contribution >= 4 is 5.97 Å². The summed E-state index contributed by atoms with van der Waals surface area (Å²) >= 11 is 0. The molecule has 0 spiro atoms. The average Bonchev–Trinajstić information content (AvgIpc) is 3.16. The first-order valence-electron chi connectivity index (χ1n) is 7.19. The molecule has 21 heavy (non-hydrogen) atoms. The van der Waals surface area contributed by atoms with Crippen molar-refractivity contribution in [1.82, 2.24) is 5.32 Å². The third kappa shape index (κ3) is 3.55. The van der Waals surface area contributed by atoms with Gasteiger partial charge in [0, 0.05) is 6.42 Å². The van der Waals surface area contributed by atoms with Crippen LogP contribution in [0.15, 0.2) is 33.1 Å². The number of hydrogen-bond acceptors (Lipinski definition) is 5. The van der Waals surface area contributed by atoms with Gasteiger partial charge in [-0.2, -0.15) is 0 Å². The van der Waals surface area contributed by atoms with E-state index in [2.05, 4.69) is 17.0 Å². The monoisotopic (exact) mass is 291 g/mol. The highest BCUT2D eigenvalue weighted by Gasteiger charge is 2.22. The Bertz CT molecular complexity index is 585. The van der Waals surface area contributed by atoms with Gasteiger partial charge in [-0.05, 0) is 37.2 Å². The summed E-state index contributed by atoms with van der Waals surface area (Å²) in [6, 6.07) is 7.08. The number of carbonyl (C=O) groups excluding carboxylic acids is 1. The molecule has 0 radical (unpaired) electrons. The van der Waals surface area contributed by atoms with E-state index in [9.17, 15) is 4.79 Å². The van der Waals surface area contributed by atoms with Crippen LogP contribution in [0.5, 0.6) is 0 Å². The molecule has 0 aliphatic heterocycles. The van der Waals surface area contributed by atoms with Crippen LogP contribution >= 0.6 is 0 Å². The van der Waals surface area contributed by atoms with Crippen LogP contribution in [-0.2, 0) is 11.2 Å². The Labute approximate surface area is 124 Å². The highest BCUT2D eigenvalue weighted by atomic mass is 16.5. The number of carbonyl (C=O) groups is 1. The summed E-state index contributed by atoms with van der Waals surface area (Å²) in [4.78, 5) is 11.5. The van der Waals surface area contributed by atoms with E-state index >= 15 is 0 Å². The smallest absolute Gasteiger partial charge is 0.373 e.